The van der Waals surface area contributed by atoms with Gasteiger partial charge in [-0.1, -0.05) is 55.5 Å². The fraction of sp³-hybridized carbons (Fsp3) is 0.364. The first-order chi connectivity index (χ1) is 12.7. The Balaban J connectivity index is 1.78. The van der Waals surface area contributed by atoms with Crippen LogP contribution in [0, 0.1) is 5.92 Å². The van der Waals surface area contributed by atoms with Crippen LogP contribution in [0.25, 0.3) is 11.1 Å². The van der Waals surface area contributed by atoms with Gasteiger partial charge in [0.2, 0.25) is 5.91 Å². The number of hydrogen-bond acceptors (Lipinski definition) is 2. The number of nitrogens with one attached hydrogen (secondary N) is 1. The van der Waals surface area contributed by atoms with E-state index in [2.05, 4.69) is 5.32 Å². The summed E-state index contributed by atoms with van der Waals surface area (Å²) in [5.74, 6) is -0.0266. The van der Waals surface area contributed by atoms with Gasteiger partial charge in [-0.25, -0.2) is 0 Å². The van der Waals surface area contributed by atoms with Crippen molar-refractivity contribution in [3.63, 3.8) is 0 Å². The Morgan fingerprint density at radius 1 is 1.08 bits per heavy atom. The molecule has 1 atom stereocenters. The third-order valence-corrected chi connectivity index (χ3v) is 4.87. The molecule has 136 valence electrons. The van der Waals surface area contributed by atoms with E-state index in [1.165, 1.54) is 0 Å². The number of carbonyl (C=O) groups excluding carboxylic acids is 2. The zero-order valence-corrected chi connectivity index (χ0v) is 15.3. The van der Waals surface area contributed by atoms with Crippen LogP contribution in [0.3, 0.4) is 0 Å². The van der Waals surface area contributed by atoms with Gasteiger partial charge in [0.15, 0.2) is 0 Å². The van der Waals surface area contributed by atoms with E-state index in [0.717, 1.165) is 30.4 Å². The van der Waals surface area contributed by atoms with Crippen LogP contribution in [0.1, 0.15) is 36.5 Å². The average Bonchev–Trinajstić information content (AvgIpc) is 2.72. The zero-order chi connectivity index (χ0) is 18.4. The summed E-state index contributed by atoms with van der Waals surface area (Å²) in [4.78, 5) is 27.3. The van der Waals surface area contributed by atoms with Crippen molar-refractivity contribution in [2.24, 2.45) is 5.92 Å². The van der Waals surface area contributed by atoms with Crippen LogP contribution >= 0.6 is 0 Å². The molecule has 1 aliphatic heterocycles. The summed E-state index contributed by atoms with van der Waals surface area (Å²) >= 11 is 0. The molecule has 1 fully saturated rings. The number of hydrogen-bond donors (Lipinski definition) is 1. The lowest BCUT2D eigenvalue weighted by Crippen LogP contribution is -2.45. The fourth-order valence-corrected chi connectivity index (χ4v) is 3.48. The molecule has 1 N–H and O–H groups in total. The highest BCUT2D eigenvalue weighted by Gasteiger charge is 2.29. The van der Waals surface area contributed by atoms with Crippen molar-refractivity contribution in [1.82, 2.24) is 10.2 Å². The molecular formula is C22H26N2O2. The van der Waals surface area contributed by atoms with Gasteiger partial charge in [0, 0.05) is 25.2 Å². The van der Waals surface area contributed by atoms with Crippen molar-refractivity contribution in [2.75, 3.05) is 19.6 Å². The molecule has 1 saturated heterocycles. The molecule has 1 unspecified atom stereocenters. The van der Waals surface area contributed by atoms with Crippen molar-refractivity contribution in [2.45, 2.75) is 26.2 Å². The molecule has 1 heterocycles. The monoisotopic (exact) mass is 350 g/mol. The van der Waals surface area contributed by atoms with Crippen molar-refractivity contribution in [3.8, 4) is 11.1 Å². The van der Waals surface area contributed by atoms with E-state index in [1.807, 2.05) is 66.4 Å². The van der Waals surface area contributed by atoms with Gasteiger partial charge in [-0.3, -0.25) is 9.59 Å². The van der Waals surface area contributed by atoms with Gasteiger partial charge < -0.3 is 10.2 Å². The van der Waals surface area contributed by atoms with Crippen molar-refractivity contribution in [1.29, 1.82) is 0 Å². The van der Waals surface area contributed by atoms with Gasteiger partial charge in [-0.2, -0.15) is 0 Å². The van der Waals surface area contributed by atoms with Crippen molar-refractivity contribution >= 4 is 11.8 Å². The number of rotatable bonds is 5. The smallest absolute Gasteiger partial charge is 0.254 e. The molecule has 0 aliphatic carbocycles. The van der Waals surface area contributed by atoms with E-state index in [9.17, 15) is 9.59 Å². The minimum absolute atomic E-state index is 0.0115. The Morgan fingerprint density at radius 3 is 2.58 bits per heavy atom. The van der Waals surface area contributed by atoms with Gasteiger partial charge in [-0.05, 0) is 36.5 Å². The predicted molar refractivity (Wildman–Crippen MR) is 104 cm³/mol. The molecule has 2 amide bonds. The minimum atomic E-state index is -0.108. The molecule has 0 bridgehead atoms. The lowest BCUT2D eigenvalue weighted by molar-refractivity contribution is -0.126. The number of carbonyl (C=O) groups is 2. The molecule has 26 heavy (non-hydrogen) atoms. The molecular weight excluding hydrogens is 324 g/mol. The summed E-state index contributed by atoms with van der Waals surface area (Å²) in [5, 5.41) is 2.96. The molecule has 0 aromatic heterocycles. The molecule has 4 heteroatoms. The highest BCUT2D eigenvalue weighted by atomic mass is 16.2. The number of nitrogens with zero attached hydrogens (tertiary/aromatic N) is 1. The van der Waals surface area contributed by atoms with E-state index in [-0.39, 0.29) is 17.7 Å². The third kappa shape index (κ3) is 4.13. The topological polar surface area (TPSA) is 49.4 Å². The largest absolute Gasteiger partial charge is 0.356 e. The summed E-state index contributed by atoms with van der Waals surface area (Å²) in [6.07, 6.45) is 2.63. The Bertz CT molecular complexity index is 758. The van der Waals surface area contributed by atoms with Gasteiger partial charge in [0.05, 0.1) is 5.92 Å². The van der Waals surface area contributed by atoms with Crippen molar-refractivity contribution in [3.05, 3.63) is 60.2 Å². The maximum absolute atomic E-state index is 13.2. The summed E-state index contributed by atoms with van der Waals surface area (Å²) in [7, 11) is 0. The van der Waals surface area contributed by atoms with E-state index in [4.69, 9.17) is 0 Å². The van der Waals surface area contributed by atoms with Crippen LogP contribution in [0.15, 0.2) is 54.6 Å². The lowest BCUT2D eigenvalue weighted by atomic mass is 9.94. The maximum Gasteiger partial charge on any atom is 0.254 e. The van der Waals surface area contributed by atoms with Crippen molar-refractivity contribution < 1.29 is 9.59 Å². The normalized spacial score (nSPS) is 17.0. The molecule has 4 nitrogen and oxygen atoms in total. The second-order valence-electron chi connectivity index (χ2n) is 6.79. The van der Waals surface area contributed by atoms with E-state index < -0.39 is 0 Å². The quantitative estimate of drug-likeness (QED) is 0.893. The molecule has 3 rings (SSSR count). The second-order valence-corrected chi connectivity index (χ2v) is 6.79. The lowest BCUT2D eigenvalue weighted by Gasteiger charge is -2.32. The predicted octanol–water partition coefficient (Wildman–Crippen LogP) is 3.73. The van der Waals surface area contributed by atoms with Crippen LogP contribution in [-0.2, 0) is 4.79 Å². The summed E-state index contributed by atoms with van der Waals surface area (Å²) in [5.41, 5.74) is 2.68. The summed E-state index contributed by atoms with van der Waals surface area (Å²) in [6, 6.07) is 17.7. The Labute approximate surface area is 155 Å². The summed E-state index contributed by atoms with van der Waals surface area (Å²) in [6.45, 7) is 3.94. The highest BCUT2D eigenvalue weighted by Crippen LogP contribution is 2.26. The molecule has 0 saturated carbocycles. The highest BCUT2D eigenvalue weighted by molar-refractivity contribution is 6.01. The molecule has 1 aliphatic rings. The van der Waals surface area contributed by atoms with Crippen LogP contribution in [0.5, 0.6) is 0 Å². The average molecular weight is 350 g/mol. The van der Waals surface area contributed by atoms with Crippen LogP contribution in [0.4, 0.5) is 0 Å². The third-order valence-electron chi connectivity index (χ3n) is 4.87. The first-order valence-corrected chi connectivity index (χ1v) is 9.42. The Kier molecular flexibility index (Phi) is 6.05. The van der Waals surface area contributed by atoms with E-state index in [1.54, 1.807) is 0 Å². The Morgan fingerprint density at radius 2 is 1.81 bits per heavy atom. The molecule has 0 radical (unpaired) electrons. The SMILES string of the molecule is CCCNC(=O)C1CCCN(C(=O)c2ccccc2-c2ccccc2)C1. The van der Waals surface area contributed by atoms with Gasteiger partial charge in [0.1, 0.15) is 0 Å². The van der Waals surface area contributed by atoms with Gasteiger partial charge in [0.25, 0.3) is 5.91 Å². The molecule has 0 spiro atoms. The standard InChI is InChI=1S/C22H26N2O2/c1-2-14-23-21(25)18-11-8-15-24(16-18)22(26)20-13-7-6-12-19(20)17-9-4-3-5-10-17/h3-7,9-10,12-13,18H,2,8,11,14-16H2,1H3,(H,23,25). The Hall–Kier alpha value is -2.62. The minimum Gasteiger partial charge on any atom is -0.356 e. The van der Waals surface area contributed by atoms with E-state index >= 15 is 0 Å². The zero-order valence-electron chi connectivity index (χ0n) is 15.3. The number of likely N-dealkylation sites (tertiary alicyclic amines) is 1. The molecule has 2 aromatic carbocycles. The summed E-state index contributed by atoms with van der Waals surface area (Å²) < 4.78 is 0. The number of piperidine rings is 1. The second kappa shape index (κ2) is 8.65. The van der Waals surface area contributed by atoms with Crippen LogP contribution < -0.4 is 5.32 Å². The fourth-order valence-electron chi connectivity index (χ4n) is 3.48. The maximum atomic E-state index is 13.2. The van der Waals surface area contributed by atoms with Crippen LogP contribution in [-0.4, -0.2) is 36.3 Å². The van der Waals surface area contributed by atoms with E-state index in [0.29, 0.717) is 25.2 Å². The molecule has 2 aromatic rings. The number of amides is 2. The number of benzene rings is 2. The van der Waals surface area contributed by atoms with Gasteiger partial charge >= 0.3 is 0 Å². The van der Waals surface area contributed by atoms with Gasteiger partial charge in [-0.15, -0.1) is 0 Å². The van der Waals surface area contributed by atoms with Crippen LogP contribution in [0.2, 0.25) is 0 Å². The first kappa shape index (κ1) is 18.2. The first-order valence-electron chi connectivity index (χ1n) is 9.42.